The predicted molar refractivity (Wildman–Crippen MR) is 58.3 cm³/mol. The van der Waals surface area contributed by atoms with Gasteiger partial charge in [0, 0.05) is 12.0 Å². The van der Waals surface area contributed by atoms with Gasteiger partial charge >= 0.3 is 0 Å². The number of fused-ring (bicyclic) bond motifs is 1. The maximum absolute atomic E-state index is 14.0. The maximum Gasteiger partial charge on any atom is 0.211 e. The molecular weight excluding hydrogens is 227 g/mol. The Balaban J connectivity index is 2.51. The van der Waals surface area contributed by atoms with Gasteiger partial charge in [-0.1, -0.05) is 0 Å². The molecule has 1 aliphatic rings. The van der Waals surface area contributed by atoms with Crippen LogP contribution in [0.5, 0.6) is 17.2 Å². The highest BCUT2D eigenvalue weighted by Crippen LogP contribution is 2.40. The maximum atomic E-state index is 14.0. The molecule has 0 atom stereocenters. The van der Waals surface area contributed by atoms with Crippen LogP contribution in [0.15, 0.2) is 6.07 Å². The standard InChI is InChI=1S/C12H13FO4/c1-7(14)5-8-6-9-12(17-4-3-16-9)10(13)11(8)15-2/h6H,3-5H2,1-2H3. The number of hydrogen-bond donors (Lipinski definition) is 0. The van der Waals surface area contributed by atoms with Crippen molar-refractivity contribution in [1.82, 2.24) is 0 Å². The molecule has 1 heterocycles. The molecule has 0 saturated heterocycles. The number of halogens is 1. The molecule has 0 N–H and O–H groups in total. The fraction of sp³-hybridized carbons (Fsp3) is 0.417. The third-order valence-electron chi connectivity index (χ3n) is 2.45. The largest absolute Gasteiger partial charge is 0.493 e. The van der Waals surface area contributed by atoms with Gasteiger partial charge in [0.2, 0.25) is 11.6 Å². The molecule has 2 rings (SSSR count). The van der Waals surface area contributed by atoms with E-state index >= 15 is 0 Å². The van der Waals surface area contributed by atoms with Crippen molar-refractivity contribution in [1.29, 1.82) is 0 Å². The molecule has 17 heavy (non-hydrogen) atoms. The van der Waals surface area contributed by atoms with E-state index < -0.39 is 5.82 Å². The van der Waals surface area contributed by atoms with E-state index in [1.54, 1.807) is 6.07 Å². The third kappa shape index (κ3) is 2.18. The first-order chi connectivity index (χ1) is 8.13. The zero-order chi connectivity index (χ0) is 12.4. The molecule has 4 nitrogen and oxygen atoms in total. The molecule has 0 amide bonds. The second-order valence-electron chi connectivity index (χ2n) is 3.79. The Morgan fingerprint density at radius 2 is 2.18 bits per heavy atom. The zero-order valence-corrected chi connectivity index (χ0v) is 9.71. The van der Waals surface area contributed by atoms with Crippen LogP contribution in [0, 0.1) is 5.82 Å². The van der Waals surface area contributed by atoms with Crippen LogP contribution in [0.1, 0.15) is 12.5 Å². The van der Waals surface area contributed by atoms with Crippen molar-refractivity contribution >= 4 is 5.78 Å². The quantitative estimate of drug-likeness (QED) is 0.807. The Labute approximate surface area is 98.3 Å². The van der Waals surface area contributed by atoms with Crippen LogP contribution in [0.3, 0.4) is 0 Å². The Bertz CT molecular complexity index is 456. The van der Waals surface area contributed by atoms with Crippen molar-refractivity contribution in [2.24, 2.45) is 0 Å². The normalized spacial score (nSPS) is 13.4. The van der Waals surface area contributed by atoms with Gasteiger partial charge in [0.05, 0.1) is 7.11 Å². The van der Waals surface area contributed by atoms with Crippen LogP contribution in [-0.2, 0) is 11.2 Å². The van der Waals surface area contributed by atoms with Gasteiger partial charge in [-0.15, -0.1) is 0 Å². The van der Waals surface area contributed by atoms with Gasteiger partial charge < -0.3 is 14.2 Å². The monoisotopic (exact) mass is 240 g/mol. The number of ketones is 1. The molecule has 0 spiro atoms. The number of benzene rings is 1. The minimum absolute atomic E-state index is 0.0458. The van der Waals surface area contributed by atoms with Gasteiger partial charge in [-0.05, 0) is 13.0 Å². The zero-order valence-electron chi connectivity index (χ0n) is 9.71. The van der Waals surface area contributed by atoms with Crippen molar-refractivity contribution in [3.05, 3.63) is 17.4 Å². The van der Waals surface area contributed by atoms with E-state index in [9.17, 15) is 9.18 Å². The summed E-state index contributed by atoms with van der Waals surface area (Å²) in [4.78, 5) is 11.1. The number of rotatable bonds is 3. The summed E-state index contributed by atoms with van der Waals surface area (Å²) >= 11 is 0. The smallest absolute Gasteiger partial charge is 0.211 e. The number of hydrogen-bond acceptors (Lipinski definition) is 4. The summed E-state index contributed by atoms with van der Waals surface area (Å²) in [6.45, 7) is 2.12. The van der Waals surface area contributed by atoms with Gasteiger partial charge in [0.25, 0.3) is 0 Å². The molecule has 0 aliphatic carbocycles. The van der Waals surface area contributed by atoms with Crippen molar-refractivity contribution in [3.63, 3.8) is 0 Å². The Kier molecular flexibility index (Phi) is 3.17. The molecule has 0 saturated carbocycles. The molecule has 0 fully saturated rings. The van der Waals surface area contributed by atoms with Crippen LogP contribution in [0.2, 0.25) is 0 Å². The summed E-state index contributed by atoms with van der Waals surface area (Å²) in [7, 11) is 1.36. The Morgan fingerprint density at radius 1 is 1.47 bits per heavy atom. The topological polar surface area (TPSA) is 44.8 Å². The van der Waals surface area contributed by atoms with E-state index in [0.717, 1.165) is 0 Å². The second kappa shape index (κ2) is 4.61. The van der Waals surface area contributed by atoms with Crippen molar-refractivity contribution in [3.8, 4) is 17.2 Å². The molecule has 5 heteroatoms. The lowest BCUT2D eigenvalue weighted by atomic mass is 10.1. The molecule has 0 unspecified atom stereocenters. The number of carbonyl (C=O) groups is 1. The van der Waals surface area contributed by atoms with E-state index in [4.69, 9.17) is 14.2 Å². The average molecular weight is 240 g/mol. The van der Waals surface area contributed by atoms with Gasteiger partial charge in [-0.2, -0.15) is 4.39 Å². The van der Waals surface area contributed by atoms with Gasteiger partial charge in [-0.3, -0.25) is 4.79 Å². The first kappa shape index (κ1) is 11.7. The van der Waals surface area contributed by atoms with Gasteiger partial charge in [-0.25, -0.2) is 0 Å². The number of methoxy groups -OCH3 is 1. The molecule has 0 radical (unpaired) electrons. The fourth-order valence-electron chi connectivity index (χ4n) is 1.80. The summed E-state index contributed by atoms with van der Waals surface area (Å²) in [6.07, 6.45) is 0.108. The van der Waals surface area contributed by atoms with Crippen molar-refractivity contribution < 1.29 is 23.4 Å². The third-order valence-corrected chi connectivity index (χ3v) is 2.45. The van der Waals surface area contributed by atoms with Crippen LogP contribution in [0.25, 0.3) is 0 Å². The molecular formula is C12H13FO4. The SMILES string of the molecule is COc1c(CC(C)=O)cc2c(c1F)OCCO2. The predicted octanol–water partition coefficient (Wildman–Crippen LogP) is 1.74. The van der Waals surface area contributed by atoms with Crippen molar-refractivity contribution in [2.45, 2.75) is 13.3 Å². The van der Waals surface area contributed by atoms with Crippen LogP contribution < -0.4 is 14.2 Å². The molecule has 0 aromatic heterocycles. The molecule has 1 aliphatic heterocycles. The van der Waals surface area contributed by atoms with Gasteiger partial charge in [0.15, 0.2) is 11.5 Å². The van der Waals surface area contributed by atoms with Crippen LogP contribution in [0.4, 0.5) is 4.39 Å². The molecule has 1 aromatic carbocycles. The van der Waals surface area contributed by atoms with Crippen LogP contribution >= 0.6 is 0 Å². The highest BCUT2D eigenvalue weighted by Gasteiger charge is 2.24. The van der Waals surface area contributed by atoms with E-state index in [2.05, 4.69) is 0 Å². The Hall–Kier alpha value is -1.78. The molecule has 92 valence electrons. The highest BCUT2D eigenvalue weighted by atomic mass is 19.1. The summed E-state index contributed by atoms with van der Waals surface area (Å²) in [6, 6.07) is 1.60. The summed E-state index contributed by atoms with van der Waals surface area (Å²) in [5.41, 5.74) is 0.474. The molecule has 0 bridgehead atoms. The first-order valence-electron chi connectivity index (χ1n) is 5.28. The first-order valence-corrected chi connectivity index (χ1v) is 5.28. The van der Waals surface area contributed by atoms with Crippen LogP contribution in [-0.4, -0.2) is 26.1 Å². The number of Topliss-reactive ketones (excluding diaryl/α,β-unsaturated/α-hetero) is 1. The summed E-state index contributed by atoms with van der Waals surface area (Å²) < 4.78 is 29.5. The lowest BCUT2D eigenvalue weighted by Crippen LogP contribution is -2.17. The van der Waals surface area contributed by atoms with E-state index in [1.807, 2.05) is 0 Å². The average Bonchev–Trinajstić information content (AvgIpc) is 2.29. The van der Waals surface area contributed by atoms with E-state index in [-0.39, 0.29) is 23.7 Å². The minimum atomic E-state index is -0.610. The Morgan fingerprint density at radius 3 is 2.82 bits per heavy atom. The molecule has 1 aromatic rings. The highest BCUT2D eigenvalue weighted by molar-refractivity contribution is 5.79. The number of carbonyl (C=O) groups excluding carboxylic acids is 1. The summed E-state index contributed by atoms with van der Waals surface area (Å²) in [5.74, 6) is -0.254. The lowest BCUT2D eigenvalue weighted by molar-refractivity contribution is -0.116. The van der Waals surface area contributed by atoms with Crippen molar-refractivity contribution in [2.75, 3.05) is 20.3 Å². The van der Waals surface area contributed by atoms with Gasteiger partial charge in [0.1, 0.15) is 19.0 Å². The van der Waals surface area contributed by atoms with E-state index in [0.29, 0.717) is 24.5 Å². The fourth-order valence-corrected chi connectivity index (χ4v) is 1.80. The summed E-state index contributed by atoms with van der Waals surface area (Å²) in [5, 5.41) is 0. The van der Waals surface area contributed by atoms with E-state index in [1.165, 1.54) is 14.0 Å². The number of ether oxygens (including phenoxy) is 3. The second-order valence-corrected chi connectivity index (χ2v) is 3.79. The minimum Gasteiger partial charge on any atom is -0.493 e. The lowest BCUT2D eigenvalue weighted by Gasteiger charge is -2.21.